The number of nitrogens with two attached hydrogens (primary N) is 1. The van der Waals surface area contributed by atoms with Gasteiger partial charge in [-0.3, -0.25) is 4.79 Å². The fourth-order valence-corrected chi connectivity index (χ4v) is 3.03. The zero-order valence-corrected chi connectivity index (χ0v) is 10.7. The summed E-state index contributed by atoms with van der Waals surface area (Å²) < 4.78 is 5.78. The van der Waals surface area contributed by atoms with E-state index in [2.05, 4.69) is 4.90 Å². The van der Waals surface area contributed by atoms with E-state index >= 15 is 0 Å². The van der Waals surface area contributed by atoms with Gasteiger partial charge in [-0.05, 0) is 25.8 Å². The summed E-state index contributed by atoms with van der Waals surface area (Å²) in [6, 6.07) is 0.324. The Labute approximate surface area is 103 Å². The van der Waals surface area contributed by atoms with Crippen LogP contribution in [-0.4, -0.2) is 42.6 Å². The van der Waals surface area contributed by atoms with Crippen molar-refractivity contribution in [1.82, 2.24) is 4.90 Å². The highest BCUT2D eigenvalue weighted by Crippen LogP contribution is 2.29. The van der Waals surface area contributed by atoms with Gasteiger partial charge in [0.05, 0.1) is 18.8 Å². The fourth-order valence-electron chi connectivity index (χ4n) is 3.03. The van der Waals surface area contributed by atoms with E-state index in [0.717, 1.165) is 25.8 Å². The van der Waals surface area contributed by atoms with Crippen LogP contribution in [0.4, 0.5) is 0 Å². The van der Waals surface area contributed by atoms with E-state index in [4.69, 9.17) is 10.5 Å². The fraction of sp³-hybridized carbons (Fsp3) is 0.923. The molecule has 1 heterocycles. The predicted octanol–water partition coefficient (Wildman–Crippen LogP) is 1.14. The number of fused-ring (bicyclic) bond motifs is 1. The molecule has 4 nitrogen and oxygen atoms in total. The van der Waals surface area contributed by atoms with Gasteiger partial charge >= 0.3 is 0 Å². The van der Waals surface area contributed by atoms with Crippen LogP contribution in [0, 0.1) is 5.92 Å². The second-order valence-electron chi connectivity index (χ2n) is 5.27. The molecule has 2 fully saturated rings. The van der Waals surface area contributed by atoms with E-state index in [1.807, 2.05) is 6.92 Å². The molecule has 3 unspecified atom stereocenters. The van der Waals surface area contributed by atoms with Crippen molar-refractivity contribution in [3.63, 3.8) is 0 Å². The van der Waals surface area contributed by atoms with Crippen LogP contribution in [0.1, 0.15) is 39.0 Å². The van der Waals surface area contributed by atoms with Crippen molar-refractivity contribution in [3.05, 3.63) is 0 Å². The van der Waals surface area contributed by atoms with Crippen LogP contribution < -0.4 is 5.73 Å². The van der Waals surface area contributed by atoms with Gasteiger partial charge in [-0.15, -0.1) is 0 Å². The van der Waals surface area contributed by atoms with Crippen molar-refractivity contribution in [2.45, 2.75) is 51.2 Å². The Kier molecular flexibility index (Phi) is 4.40. The molecule has 0 spiro atoms. The van der Waals surface area contributed by atoms with E-state index in [1.54, 1.807) is 0 Å². The van der Waals surface area contributed by atoms with E-state index < -0.39 is 0 Å². The standard InChI is InChI=1S/C13H24N2O2/c1-10(6-7-14)13(16)15-8-9-17-12-5-3-2-4-11(12)15/h10-12H,2-9,14H2,1H3. The first kappa shape index (κ1) is 12.8. The lowest BCUT2D eigenvalue weighted by Gasteiger charge is -2.44. The smallest absolute Gasteiger partial charge is 0.225 e. The molecule has 1 saturated carbocycles. The highest BCUT2D eigenvalue weighted by molar-refractivity contribution is 5.79. The molecule has 1 aliphatic carbocycles. The minimum Gasteiger partial charge on any atom is -0.374 e. The van der Waals surface area contributed by atoms with Gasteiger partial charge in [0.15, 0.2) is 0 Å². The zero-order chi connectivity index (χ0) is 12.3. The van der Waals surface area contributed by atoms with E-state index in [1.165, 1.54) is 12.8 Å². The molecule has 1 amide bonds. The molecule has 3 atom stereocenters. The van der Waals surface area contributed by atoms with E-state index in [9.17, 15) is 4.79 Å². The number of carbonyl (C=O) groups excluding carboxylic acids is 1. The Morgan fingerprint density at radius 2 is 2.24 bits per heavy atom. The van der Waals surface area contributed by atoms with E-state index in [0.29, 0.717) is 19.2 Å². The molecule has 1 aliphatic heterocycles. The summed E-state index contributed by atoms with van der Waals surface area (Å²) in [5.41, 5.74) is 5.53. The molecule has 2 rings (SSSR count). The topological polar surface area (TPSA) is 55.6 Å². The van der Waals surface area contributed by atoms with Gasteiger partial charge in [0.1, 0.15) is 0 Å². The number of nitrogens with zero attached hydrogens (tertiary/aromatic N) is 1. The number of rotatable bonds is 3. The third-order valence-corrected chi connectivity index (χ3v) is 4.04. The Balaban J connectivity index is 2.00. The molecular formula is C13H24N2O2. The first-order chi connectivity index (χ1) is 8.24. The van der Waals surface area contributed by atoms with Gasteiger partial charge in [0.25, 0.3) is 0 Å². The third kappa shape index (κ3) is 2.80. The minimum atomic E-state index is 0.0562. The van der Waals surface area contributed by atoms with Crippen LogP contribution in [0.15, 0.2) is 0 Å². The molecule has 17 heavy (non-hydrogen) atoms. The van der Waals surface area contributed by atoms with Crippen molar-refractivity contribution in [1.29, 1.82) is 0 Å². The average molecular weight is 240 g/mol. The van der Waals surface area contributed by atoms with Gasteiger partial charge in [-0.2, -0.15) is 0 Å². The number of hydrogen-bond acceptors (Lipinski definition) is 3. The SMILES string of the molecule is CC(CCN)C(=O)N1CCOC2CCCCC21. The molecule has 0 aromatic carbocycles. The van der Waals surface area contributed by atoms with Crippen molar-refractivity contribution < 1.29 is 9.53 Å². The Hall–Kier alpha value is -0.610. The summed E-state index contributed by atoms with van der Waals surface area (Å²) >= 11 is 0. The van der Waals surface area contributed by atoms with Crippen molar-refractivity contribution in [2.75, 3.05) is 19.7 Å². The van der Waals surface area contributed by atoms with Crippen molar-refractivity contribution in [2.24, 2.45) is 11.7 Å². The summed E-state index contributed by atoms with van der Waals surface area (Å²) in [7, 11) is 0. The molecule has 0 radical (unpaired) electrons. The largest absolute Gasteiger partial charge is 0.374 e. The molecular weight excluding hydrogens is 216 g/mol. The lowest BCUT2D eigenvalue weighted by molar-refractivity contribution is -0.153. The molecule has 4 heteroatoms. The van der Waals surface area contributed by atoms with Crippen LogP contribution in [0.2, 0.25) is 0 Å². The second kappa shape index (κ2) is 5.83. The monoisotopic (exact) mass is 240 g/mol. The quantitative estimate of drug-likeness (QED) is 0.805. The molecule has 1 saturated heterocycles. The summed E-state index contributed by atoms with van der Waals surface area (Å²) in [4.78, 5) is 14.4. The lowest BCUT2D eigenvalue weighted by Crippen LogP contribution is -2.56. The van der Waals surface area contributed by atoms with Gasteiger partial charge in [-0.25, -0.2) is 0 Å². The van der Waals surface area contributed by atoms with Gasteiger partial charge < -0.3 is 15.4 Å². The minimum absolute atomic E-state index is 0.0562. The normalized spacial score (nSPS) is 30.8. The summed E-state index contributed by atoms with van der Waals surface area (Å²) in [6.45, 7) is 4.03. The summed E-state index contributed by atoms with van der Waals surface area (Å²) in [6.07, 6.45) is 5.74. The van der Waals surface area contributed by atoms with Crippen LogP contribution in [0.3, 0.4) is 0 Å². The average Bonchev–Trinajstić information content (AvgIpc) is 2.37. The first-order valence-electron chi connectivity index (χ1n) is 6.86. The maximum atomic E-state index is 12.4. The van der Waals surface area contributed by atoms with Crippen LogP contribution in [0.5, 0.6) is 0 Å². The van der Waals surface area contributed by atoms with Crippen LogP contribution in [0.25, 0.3) is 0 Å². The lowest BCUT2D eigenvalue weighted by atomic mass is 9.89. The third-order valence-electron chi connectivity index (χ3n) is 4.04. The number of morpholine rings is 1. The molecule has 2 aliphatic rings. The maximum absolute atomic E-state index is 12.4. The van der Waals surface area contributed by atoms with Gasteiger partial charge in [-0.1, -0.05) is 19.8 Å². The van der Waals surface area contributed by atoms with E-state index in [-0.39, 0.29) is 17.9 Å². The Morgan fingerprint density at radius 3 is 3.00 bits per heavy atom. The van der Waals surface area contributed by atoms with Crippen LogP contribution in [-0.2, 0) is 9.53 Å². The highest BCUT2D eigenvalue weighted by Gasteiger charge is 2.37. The zero-order valence-electron chi connectivity index (χ0n) is 10.7. The van der Waals surface area contributed by atoms with Crippen molar-refractivity contribution >= 4 is 5.91 Å². The maximum Gasteiger partial charge on any atom is 0.225 e. The molecule has 0 bridgehead atoms. The number of hydrogen-bond donors (Lipinski definition) is 1. The molecule has 0 aromatic heterocycles. The van der Waals surface area contributed by atoms with Crippen molar-refractivity contribution in [3.8, 4) is 0 Å². The number of ether oxygens (including phenoxy) is 1. The first-order valence-corrected chi connectivity index (χ1v) is 6.86. The molecule has 98 valence electrons. The Morgan fingerprint density at radius 1 is 1.47 bits per heavy atom. The Bertz CT molecular complexity index is 268. The van der Waals surface area contributed by atoms with Crippen LogP contribution >= 0.6 is 0 Å². The summed E-state index contributed by atoms with van der Waals surface area (Å²) in [5, 5.41) is 0. The second-order valence-corrected chi connectivity index (χ2v) is 5.27. The molecule has 0 aromatic rings. The predicted molar refractivity (Wildman–Crippen MR) is 66.5 cm³/mol. The number of carbonyl (C=O) groups is 1. The van der Waals surface area contributed by atoms with Gasteiger partial charge in [0.2, 0.25) is 5.91 Å². The number of amides is 1. The highest BCUT2D eigenvalue weighted by atomic mass is 16.5. The van der Waals surface area contributed by atoms with Gasteiger partial charge in [0, 0.05) is 12.5 Å². The molecule has 2 N–H and O–H groups in total. The summed E-state index contributed by atoms with van der Waals surface area (Å²) in [5.74, 6) is 0.330.